The number of fused-ring (bicyclic) bond motifs is 1. The Bertz CT molecular complexity index is 1060. The van der Waals surface area contributed by atoms with Gasteiger partial charge in [0.05, 0.1) is 11.0 Å². The van der Waals surface area contributed by atoms with Crippen LogP contribution in [0.2, 0.25) is 5.02 Å². The summed E-state index contributed by atoms with van der Waals surface area (Å²) in [6.07, 6.45) is 2.76. The van der Waals surface area contributed by atoms with Gasteiger partial charge in [0, 0.05) is 11.1 Å². The molecule has 134 valence electrons. The van der Waals surface area contributed by atoms with Crippen molar-refractivity contribution < 1.29 is 14.6 Å². The van der Waals surface area contributed by atoms with Gasteiger partial charge in [-0.15, -0.1) is 0 Å². The van der Waals surface area contributed by atoms with E-state index in [0.29, 0.717) is 10.5 Å². The van der Waals surface area contributed by atoms with Crippen LogP contribution in [0.4, 0.5) is 0 Å². The second kappa shape index (κ2) is 8.21. The van der Waals surface area contributed by atoms with Crippen LogP contribution in [0.1, 0.15) is 11.4 Å². The second-order valence-electron chi connectivity index (χ2n) is 5.53. The standard InChI is InChI=1S/C20H14ClN3O3/c21-14-5-3-4-13(10-14)8-9-19(26)27-12-18(25)15(11-22)20-23-16-6-1-2-7-17(16)24-20/h1-10,25H,12H2,(H,23,24). The van der Waals surface area contributed by atoms with E-state index < -0.39 is 12.6 Å². The Morgan fingerprint density at radius 3 is 2.85 bits per heavy atom. The molecule has 1 aromatic heterocycles. The first-order valence-corrected chi connectivity index (χ1v) is 8.32. The zero-order valence-electron chi connectivity index (χ0n) is 14.0. The minimum Gasteiger partial charge on any atom is -0.507 e. The first-order valence-electron chi connectivity index (χ1n) is 7.94. The van der Waals surface area contributed by atoms with Gasteiger partial charge in [-0.1, -0.05) is 35.9 Å². The van der Waals surface area contributed by atoms with E-state index in [1.165, 1.54) is 6.08 Å². The van der Waals surface area contributed by atoms with Crippen molar-refractivity contribution in [3.05, 3.63) is 76.8 Å². The highest BCUT2D eigenvalue weighted by molar-refractivity contribution is 6.30. The quantitative estimate of drug-likeness (QED) is 0.298. The summed E-state index contributed by atoms with van der Waals surface area (Å²) in [5, 5.41) is 20.0. The summed E-state index contributed by atoms with van der Waals surface area (Å²) in [7, 11) is 0. The number of carbonyl (C=O) groups excluding carboxylic acids is 1. The summed E-state index contributed by atoms with van der Waals surface area (Å²) in [4.78, 5) is 19.0. The van der Waals surface area contributed by atoms with Crippen molar-refractivity contribution in [3.8, 4) is 6.07 Å². The Morgan fingerprint density at radius 2 is 2.11 bits per heavy atom. The maximum atomic E-state index is 11.8. The topological polar surface area (TPSA) is 99.0 Å². The van der Waals surface area contributed by atoms with E-state index in [1.54, 1.807) is 42.5 Å². The van der Waals surface area contributed by atoms with E-state index in [9.17, 15) is 15.2 Å². The SMILES string of the molecule is N#CC(=C(O)COC(=O)C=Cc1cccc(Cl)c1)c1nc2ccccc2[nH]1. The Kier molecular flexibility index (Phi) is 5.55. The number of ether oxygens (including phenoxy) is 1. The number of aliphatic hydroxyl groups is 1. The van der Waals surface area contributed by atoms with E-state index in [4.69, 9.17) is 16.3 Å². The molecule has 2 N–H and O–H groups in total. The van der Waals surface area contributed by atoms with Crippen molar-refractivity contribution in [3.63, 3.8) is 0 Å². The Morgan fingerprint density at radius 1 is 1.30 bits per heavy atom. The monoisotopic (exact) mass is 379 g/mol. The van der Waals surface area contributed by atoms with Gasteiger partial charge in [-0.25, -0.2) is 9.78 Å². The lowest BCUT2D eigenvalue weighted by Crippen LogP contribution is -2.06. The lowest BCUT2D eigenvalue weighted by atomic mass is 10.2. The fourth-order valence-electron chi connectivity index (χ4n) is 2.36. The molecule has 27 heavy (non-hydrogen) atoms. The fraction of sp³-hybridized carbons (Fsp3) is 0.0500. The number of aromatic amines is 1. The highest BCUT2D eigenvalue weighted by Crippen LogP contribution is 2.19. The number of aliphatic hydroxyl groups excluding tert-OH is 1. The molecule has 0 saturated heterocycles. The normalized spacial score (nSPS) is 12.0. The molecule has 6 nitrogen and oxygen atoms in total. The summed E-state index contributed by atoms with van der Waals surface area (Å²) < 4.78 is 4.97. The minimum atomic E-state index is -0.663. The summed E-state index contributed by atoms with van der Waals surface area (Å²) >= 11 is 5.87. The smallest absolute Gasteiger partial charge is 0.331 e. The van der Waals surface area contributed by atoms with Crippen molar-refractivity contribution in [2.75, 3.05) is 6.61 Å². The third-order valence-electron chi connectivity index (χ3n) is 3.64. The Hall–Kier alpha value is -3.56. The predicted molar refractivity (Wildman–Crippen MR) is 103 cm³/mol. The lowest BCUT2D eigenvalue weighted by molar-refractivity contribution is -0.137. The van der Waals surface area contributed by atoms with Gasteiger partial charge in [-0.2, -0.15) is 5.26 Å². The Balaban J connectivity index is 1.69. The van der Waals surface area contributed by atoms with Crippen LogP contribution in [0.5, 0.6) is 0 Å². The molecule has 0 fully saturated rings. The number of allylic oxidation sites excluding steroid dienone is 1. The number of H-pyrrole nitrogens is 1. The number of nitrogens with zero attached hydrogens (tertiary/aromatic N) is 2. The second-order valence-corrected chi connectivity index (χ2v) is 5.97. The van der Waals surface area contributed by atoms with Crippen molar-refractivity contribution >= 4 is 40.3 Å². The number of imidazole rings is 1. The van der Waals surface area contributed by atoms with Crippen LogP contribution in [0.15, 0.2) is 60.4 Å². The maximum Gasteiger partial charge on any atom is 0.331 e. The molecule has 0 aliphatic heterocycles. The minimum absolute atomic E-state index is 0.0854. The summed E-state index contributed by atoms with van der Waals surface area (Å²) in [5.41, 5.74) is 2.04. The highest BCUT2D eigenvalue weighted by atomic mass is 35.5. The van der Waals surface area contributed by atoms with Crippen molar-refractivity contribution in [1.29, 1.82) is 5.26 Å². The summed E-state index contributed by atoms with van der Waals surface area (Å²) in [6.45, 7) is -0.446. The van der Waals surface area contributed by atoms with Crippen LogP contribution in [0, 0.1) is 11.3 Å². The van der Waals surface area contributed by atoms with Crippen molar-refractivity contribution in [2.45, 2.75) is 0 Å². The van der Waals surface area contributed by atoms with Crippen LogP contribution in [-0.2, 0) is 9.53 Å². The van der Waals surface area contributed by atoms with Gasteiger partial charge >= 0.3 is 5.97 Å². The molecule has 0 aliphatic rings. The van der Waals surface area contributed by atoms with Crippen molar-refractivity contribution in [1.82, 2.24) is 9.97 Å². The number of carbonyl (C=O) groups is 1. The van der Waals surface area contributed by atoms with E-state index in [0.717, 1.165) is 11.1 Å². The third-order valence-corrected chi connectivity index (χ3v) is 3.87. The highest BCUT2D eigenvalue weighted by Gasteiger charge is 2.14. The molecule has 0 radical (unpaired) electrons. The van der Waals surface area contributed by atoms with Gasteiger partial charge in [-0.05, 0) is 35.9 Å². The van der Waals surface area contributed by atoms with Gasteiger partial charge in [0.25, 0.3) is 0 Å². The number of nitriles is 1. The molecule has 0 bridgehead atoms. The number of rotatable bonds is 5. The van der Waals surface area contributed by atoms with Gasteiger partial charge < -0.3 is 14.8 Å². The largest absolute Gasteiger partial charge is 0.507 e. The van der Waals surface area contributed by atoms with E-state index in [1.807, 2.05) is 18.2 Å². The maximum absolute atomic E-state index is 11.8. The van der Waals surface area contributed by atoms with Crippen LogP contribution < -0.4 is 0 Å². The molecular weight excluding hydrogens is 366 g/mol. The number of benzene rings is 2. The average Bonchev–Trinajstić information content (AvgIpc) is 3.09. The van der Waals surface area contributed by atoms with E-state index >= 15 is 0 Å². The van der Waals surface area contributed by atoms with Crippen molar-refractivity contribution in [2.24, 2.45) is 0 Å². The Labute approximate surface area is 160 Å². The number of halogens is 1. The number of hydrogen-bond acceptors (Lipinski definition) is 5. The van der Waals surface area contributed by atoms with Crippen LogP contribution in [0.3, 0.4) is 0 Å². The molecule has 3 aromatic rings. The summed E-state index contributed by atoms with van der Waals surface area (Å²) in [6, 6.07) is 16.1. The fourth-order valence-corrected chi connectivity index (χ4v) is 2.56. The molecule has 2 aromatic carbocycles. The molecule has 0 saturated carbocycles. The molecule has 3 rings (SSSR count). The molecule has 0 aliphatic carbocycles. The zero-order valence-corrected chi connectivity index (χ0v) is 14.8. The lowest BCUT2D eigenvalue weighted by Gasteiger charge is -2.03. The molecule has 0 atom stereocenters. The van der Waals surface area contributed by atoms with Gasteiger partial charge in [-0.3, -0.25) is 0 Å². The average molecular weight is 380 g/mol. The van der Waals surface area contributed by atoms with Gasteiger partial charge in [0.15, 0.2) is 11.6 Å². The molecular formula is C20H14ClN3O3. The zero-order chi connectivity index (χ0) is 19.2. The number of hydrogen-bond donors (Lipinski definition) is 2. The van der Waals surface area contributed by atoms with Crippen LogP contribution >= 0.6 is 11.6 Å². The van der Waals surface area contributed by atoms with Crippen LogP contribution in [0.25, 0.3) is 22.7 Å². The number of aromatic nitrogens is 2. The molecule has 7 heteroatoms. The van der Waals surface area contributed by atoms with Gasteiger partial charge in [0.2, 0.25) is 0 Å². The number of esters is 1. The van der Waals surface area contributed by atoms with Crippen LogP contribution in [-0.4, -0.2) is 27.7 Å². The predicted octanol–water partition coefficient (Wildman–Crippen LogP) is 4.27. The summed E-state index contributed by atoms with van der Waals surface area (Å²) in [5.74, 6) is -0.841. The van der Waals surface area contributed by atoms with E-state index in [2.05, 4.69) is 9.97 Å². The number of para-hydroxylation sites is 2. The van der Waals surface area contributed by atoms with Gasteiger partial charge in [0.1, 0.15) is 18.2 Å². The first-order chi connectivity index (χ1) is 13.1. The molecule has 0 amide bonds. The number of nitrogens with one attached hydrogen (secondary N) is 1. The molecule has 0 spiro atoms. The van der Waals surface area contributed by atoms with E-state index in [-0.39, 0.29) is 17.2 Å². The molecule has 0 unspecified atom stereocenters. The third kappa shape index (κ3) is 4.54. The molecule has 1 heterocycles. The first kappa shape index (κ1) is 18.2.